The summed E-state index contributed by atoms with van der Waals surface area (Å²) in [4.78, 5) is 0. The fraction of sp³-hybridized carbons (Fsp3) is 0. The van der Waals surface area contributed by atoms with E-state index in [4.69, 9.17) is 80.7 Å². The van der Waals surface area contributed by atoms with E-state index in [1.807, 2.05) is 0 Å². The zero-order chi connectivity index (χ0) is 75.6. The van der Waals surface area contributed by atoms with Crippen molar-refractivity contribution in [3.8, 4) is 90.5 Å². The van der Waals surface area contributed by atoms with Crippen LogP contribution < -0.4 is 5.46 Å². The van der Waals surface area contributed by atoms with E-state index in [9.17, 15) is 62.8 Å². The van der Waals surface area contributed by atoms with Crippen LogP contribution in [0.2, 0.25) is 25.1 Å². The lowest BCUT2D eigenvalue weighted by atomic mass is 9.88. The van der Waals surface area contributed by atoms with E-state index in [-0.39, 0.29) is 122 Å². The molecule has 0 saturated carbocycles. The summed E-state index contributed by atoms with van der Waals surface area (Å²) in [5.74, 6) is -3.04. The Morgan fingerprint density at radius 1 is 0.271 bits per heavy atom. The Hall–Kier alpha value is -9.54. The lowest BCUT2D eigenvalue weighted by Crippen LogP contribution is -2.17. The number of benzene rings is 13. The molecule has 539 valence electrons. The van der Waals surface area contributed by atoms with Gasteiger partial charge in [0.15, 0.2) is 0 Å². The van der Waals surface area contributed by atoms with Gasteiger partial charge in [0.05, 0.1) is 17.9 Å². The molecular weight excluding hydrogens is 1760 g/mol. The van der Waals surface area contributed by atoms with Gasteiger partial charge in [-0.25, -0.2) is 22.0 Å². The van der Waals surface area contributed by atoms with Gasteiger partial charge in [0.1, 0.15) is 120 Å². The van der Waals surface area contributed by atoms with Gasteiger partial charge in [-0.15, -0.1) is 0 Å². The number of aromatic hydroxyl groups is 8. The molecule has 107 heavy (non-hydrogen) atoms. The van der Waals surface area contributed by atoms with Gasteiger partial charge in [-0.3, -0.25) is 0 Å². The number of phenols is 8. The third kappa shape index (κ3) is 15.5. The normalized spacial score (nSPS) is 11.2. The first-order chi connectivity index (χ1) is 50.5. The molecule has 0 atom stereocenters. The van der Waals surface area contributed by atoms with Crippen molar-refractivity contribution in [3.05, 3.63) is 260 Å². The summed E-state index contributed by atoms with van der Waals surface area (Å²) >= 11 is 41.8. The SMILES string of the molecule is O.O[B]c1ccc(Cl)cc1F.Oc1cc2c(cc1-c1ccc(Cl)cc1F)oc1cc(-c3ccc(Cl)cc3F)c(O)cc12.Oc1cc2c(cc1-c1ccc(Cl)cc1F)oc1ccc(O)c(-c3ccc(Cl)cc3F)c12.Oc1cc2c(cc1Br)oc1cc(Br)c(O)cc12.Oc1cc2c(cc1Br)oc1ccc(O)c(Br)c12. The van der Waals surface area contributed by atoms with Crippen LogP contribution in [-0.2, 0) is 0 Å². The van der Waals surface area contributed by atoms with Crippen LogP contribution in [-0.4, -0.2) is 58.8 Å². The maximum atomic E-state index is 14.7. The van der Waals surface area contributed by atoms with Crippen molar-refractivity contribution < 1.29 is 91.0 Å². The van der Waals surface area contributed by atoms with Crippen LogP contribution in [0.1, 0.15) is 0 Å². The van der Waals surface area contributed by atoms with Gasteiger partial charge in [-0.2, -0.15) is 0 Å². The van der Waals surface area contributed by atoms with E-state index < -0.39 is 29.1 Å². The van der Waals surface area contributed by atoms with E-state index in [1.165, 1.54) is 103 Å². The minimum absolute atomic E-state index is 0. The quantitative estimate of drug-likeness (QED) is 0.0574. The fourth-order valence-electron chi connectivity index (χ4n) is 11.7. The standard InChI is InChI=1S/2C24H12Cl2F2O3.2C12H6Br2O3.C6H4BClFO.H2O/c25-11-1-3-13(19(27)5-11)15-9-23-17(7-21(15)29)18-8-22(30)16(10-24(18)31-23)14-4-2-12(26)6-20(14)28;25-11-1-3-13(17(27)7-11)15-10-22-16(9-20(15)30)24-21(31-22)6-5-19(29)23(24)14-4-2-12(26)8-18(14)28;13-7-3-11-5(1-9(7)15)6-2-10(16)8(14)4-12(6)17-11;13-6-4-10-5(3-8(6)16)11-9(17-10)2-1-7(15)12(11)14;8-4-1-2-5(7-10)6(9)3-4;/h2*1-10,29-30H;2*1-4,15-16H;1-3,10H;1H2. The highest BCUT2D eigenvalue weighted by atomic mass is 79.9. The zero-order valence-corrected chi connectivity index (χ0v) is 63.5. The first-order valence-corrected chi connectivity index (χ1v) is 35.6. The Balaban J connectivity index is 0.000000131. The molecule has 0 aliphatic rings. The Morgan fingerprint density at radius 3 is 0.944 bits per heavy atom. The molecule has 14 nitrogen and oxygen atoms in total. The van der Waals surface area contributed by atoms with Crippen LogP contribution in [0.15, 0.2) is 224 Å². The topological polar surface area (TPSA) is 266 Å². The van der Waals surface area contributed by atoms with Gasteiger partial charge in [-0.1, -0.05) is 64.1 Å². The Labute approximate surface area is 658 Å². The van der Waals surface area contributed by atoms with Gasteiger partial charge in [0, 0.05) is 113 Å². The third-order valence-corrected chi connectivity index (χ3v) is 20.5. The van der Waals surface area contributed by atoms with E-state index in [2.05, 4.69) is 63.7 Å². The van der Waals surface area contributed by atoms with Crippen LogP contribution in [0.4, 0.5) is 22.0 Å². The largest absolute Gasteiger partial charge is 0.507 e. The molecule has 1 radical (unpaired) electrons. The highest BCUT2D eigenvalue weighted by molar-refractivity contribution is 9.11. The highest BCUT2D eigenvalue weighted by Gasteiger charge is 2.24. The Bertz CT molecular complexity index is 6260. The molecule has 0 fully saturated rings. The summed E-state index contributed by atoms with van der Waals surface area (Å²) in [7, 11) is 0.700. The van der Waals surface area contributed by atoms with Crippen molar-refractivity contribution in [1.29, 1.82) is 0 Å². The summed E-state index contributed by atoms with van der Waals surface area (Å²) in [6.07, 6.45) is 0. The fourth-order valence-corrected chi connectivity index (χ4v) is 14.0. The highest BCUT2D eigenvalue weighted by Crippen LogP contribution is 2.49. The number of hydrogen-bond donors (Lipinski definition) is 9. The van der Waals surface area contributed by atoms with Crippen LogP contribution in [0.3, 0.4) is 0 Å². The summed E-state index contributed by atoms with van der Waals surface area (Å²) in [5.41, 5.74) is 5.67. The molecule has 11 N–H and O–H groups in total. The van der Waals surface area contributed by atoms with E-state index in [1.54, 1.807) is 54.6 Å². The van der Waals surface area contributed by atoms with Gasteiger partial charge in [0.2, 0.25) is 0 Å². The molecule has 0 aliphatic heterocycles. The minimum Gasteiger partial charge on any atom is -0.507 e. The predicted molar refractivity (Wildman–Crippen MR) is 423 cm³/mol. The molecule has 4 heterocycles. The van der Waals surface area contributed by atoms with E-state index in [0.29, 0.717) is 96.6 Å². The maximum absolute atomic E-state index is 14.7. The second kappa shape index (κ2) is 31.3. The van der Waals surface area contributed by atoms with Gasteiger partial charge in [-0.05, 0) is 251 Å². The van der Waals surface area contributed by atoms with E-state index >= 15 is 0 Å². The maximum Gasteiger partial charge on any atom is 0.329 e. The molecule has 0 spiro atoms. The summed E-state index contributed by atoms with van der Waals surface area (Å²) in [5, 5.41) is 95.5. The average molecular weight is 1810 g/mol. The number of halogens is 14. The predicted octanol–water partition coefficient (Wildman–Crippen LogP) is 24.8. The number of rotatable bonds is 5. The van der Waals surface area contributed by atoms with Crippen molar-refractivity contribution in [2.75, 3.05) is 0 Å². The van der Waals surface area contributed by atoms with Gasteiger partial charge < -0.3 is 69.0 Å². The van der Waals surface area contributed by atoms with Crippen LogP contribution in [0.25, 0.3) is 132 Å². The van der Waals surface area contributed by atoms with E-state index in [0.717, 1.165) is 51.9 Å². The van der Waals surface area contributed by atoms with Gasteiger partial charge >= 0.3 is 7.48 Å². The molecule has 0 aliphatic carbocycles. The lowest BCUT2D eigenvalue weighted by Gasteiger charge is -2.09. The Morgan fingerprint density at radius 2 is 0.561 bits per heavy atom. The van der Waals surface area contributed by atoms with Crippen LogP contribution in [0, 0.1) is 29.1 Å². The molecular formula is C78H42BBr4Cl5F5O14. The molecule has 17 rings (SSSR count). The van der Waals surface area contributed by atoms with Crippen molar-refractivity contribution >= 4 is 222 Å². The summed E-state index contributed by atoms with van der Waals surface area (Å²) in [6, 6.07) is 45.5. The van der Waals surface area contributed by atoms with Crippen LogP contribution in [0.5, 0.6) is 46.0 Å². The third-order valence-electron chi connectivity index (χ3n) is 16.6. The molecule has 17 aromatic rings. The summed E-state index contributed by atoms with van der Waals surface area (Å²) < 4.78 is 95.8. The van der Waals surface area contributed by atoms with Crippen molar-refractivity contribution in [1.82, 2.24) is 0 Å². The first kappa shape index (κ1) is 77.1. The smallest absolute Gasteiger partial charge is 0.329 e. The average Bonchev–Trinajstić information content (AvgIpc) is 1.64. The molecule has 0 amide bonds. The molecule has 0 saturated heterocycles. The lowest BCUT2D eigenvalue weighted by molar-refractivity contribution is 0.472. The number of fused-ring (bicyclic) bond motifs is 12. The zero-order valence-electron chi connectivity index (χ0n) is 53.4. The molecule has 29 heteroatoms. The number of phenolic OH excluding ortho intramolecular Hbond substituents is 8. The Kier molecular flexibility index (Phi) is 22.6. The van der Waals surface area contributed by atoms with Crippen molar-refractivity contribution in [2.45, 2.75) is 0 Å². The second-order valence-electron chi connectivity index (χ2n) is 23.3. The molecule has 0 unspecified atom stereocenters. The van der Waals surface area contributed by atoms with Crippen molar-refractivity contribution in [3.63, 3.8) is 0 Å². The summed E-state index contributed by atoms with van der Waals surface area (Å²) in [6.45, 7) is 0. The molecule has 0 bridgehead atoms. The van der Waals surface area contributed by atoms with Crippen LogP contribution >= 0.6 is 122 Å². The first-order valence-electron chi connectivity index (χ1n) is 30.6. The number of furan rings is 4. The number of hydrogen-bond acceptors (Lipinski definition) is 13. The molecule has 4 aromatic heterocycles. The van der Waals surface area contributed by atoms with Crippen molar-refractivity contribution in [2.24, 2.45) is 0 Å². The monoisotopic (exact) mass is 1800 g/mol. The van der Waals surface area contributed by atoms with Gasteiger partial charge in [0.25, 0.3) is 0 Å². The minimum atomic E-state index is -0.617. The second-order valence-corrected chi connectivity index (χ2v) is 28.8. The molecule has 13 aromatic carbocycles.